The minimum atomic E-state index is -0.185. The van der Waals surface area contributed by atoms with Crippen LogP contribution in [0.15, 0.2) is 18.2 Å². The first-order valence-corrected chi connectivity index (χ1v) is 6.48. The molecule has 19 heavy (non-hydrogen) atoms. The molecule has 0 atom stereocenters. The molecule has 5 nitrogen and oxygen atoms in total. The van der Waals surface area contributed by atoms with E-state index in [9.17, 15) is 9.59 Å². The van der Waals surface area contributed by atoms with Gasteiger partial charge in [0.15, 0.2) is 0 Å². The van der Waals surface area contributed by atoms with Crippen LogP contribution in [0, 0.1) is 5.92 Å². The van der Waals surface area contributed by atoms with Crippen molar-refractivity contribution in [3.8, 4) is 0 Å². The van der Waals surface area contributed by atoms with Crippen LogP contribution < -0.4 is 10.6 Å². The topological polar surface area (TPSA) is 71.1 Å². The van der Waals surface area contributed by atoms with Crippen molar-refractivity contribution in [3.63, 3.8) is 0 Å². The predicted molar refractivity (Wildman–Crippen MR) is 71.4 cm³/mol. The Balaban J connectivity index is 2.03. The number of hydrogen-bond acceptors (Lipinski definition) is 3. The van der Waals surface area contributed by atoms with Crippen molar-refractivity contribution < 1.29 is 9.59 Å². The lowest BCUT2D eigenvalue weighted by Crippen LogP contribution is -2.45. The van der Waals surface area contributed by atoms with Gasteiger partial charge in [-0.3, -0.25) is 9.59 Å². The lowest BCUT2D eigenvalue weighted by Gasteiger charge is -2.25. The summed E-state index contributed by atoms with van der Waals surface area (Å²) in [6, 6.07) is 5.23. The van der Waals surface area contributed by atoms with Gasteiger partial charge in [0, 0.05) is 5.54 Å². The van der Waals surface area contributed by atoms with Crippen LogP contribution in [0.25, 0.3) is 0 Å². The summed E-state index contributed by atoms with van der Waals surface area (Å²) in [4.78, 5) is 26.6. The van der Waals surface area contributed by atoms with Gasteiger partial charge in [-0.05, 0) is 44.7 Å². The monoisotopic (exact) mass is 261 g/mol. The number of carbonyl (C=O) groups is 2. The van der Waals surface area contributed by atoms with E-state index in [1.54, 1.807) is 18.2 Å². The minimum absolute atomic E-state index is 0.162. The van der Waals surface area contributed by atoms with Crippen molar-refractivity contribution in [2.24, 2.45) is 5.92 Å². The molecule has 1 saturated carbocycles. The quantitative estimate of drug-likeness (QED) is 0.757. The summed E-state index contributed by atoms with van der Waals surface area (Å²) < 4.78 is 0. The van der Waals surface area contributed by atoms with E-state index in [2.05, 4.69) is 15.6 Å². The van der Waals surface area contributed by atoms with Crippen LogP contribution in [0.5, 0.6) is 0 Å². The maximum Gasteiger partial charge on any atom is 0.270 e. The molecular formula is C14H19N3O2. The zero-order valence-electron chi connectivity index (χ0n) is 11.3. The smallest absolute Gasteiger partial charge is 0.270 e. The van der Waals surface area contributed by atoms with Gasteiger partial charge in [0.2, 0.25) is 6.41 Å². The predicted octanol–water partition coefficient (Wildman–Crippen LogP) is 1.25. The van der Waals surface area contributed by atoms with Crippen LogP contribution in [-0.2, 0) is 11.3 Å². The molecule has 2 amide bonds. The van der Waals surface area contributed by atoms with E-state index in [1.807, 2.05) is 13.8 Å². The molecule has 1 aliphatic rings. The van der Waals surface area contributed by atoms with E-state index in [0.717, 1.165) is 0 Å². The van der Waals surface area contributed by atoms with E-state index in [-0.39, 0.29) is 11.4 Å². The van der Waals surface area contributed by atoms with Crippen molar-refractivity contribution in [2.45, 2.75) is 38.8 Å². The number of aromatic nitrogens is 1. The Labute approximate surface area is 112 Å². The number of nitrogens with zero attached hydrogens (tertiary/aromatic N) is 1. The highest BCUT2D eigenvalue weighted by atomic mass is 16.2. The average Bonchev–Trinajstić information content (AvgIpc) is 3.20. The highest BCUT2D eigenvalue weighted by Gasteiger charge is 2.38. The van der Waals surface area contributed by atoms with Gasteiger partial charge in [-0.2, -0.15) is 0 Å². The van der Waals surface area contributed by atoms with Crippen LogP contribution in [0.2, 0.25) is 0 Å². The van der Waals surface area contributed by atoms with Crippen molar-refractivity contribution >= 4 is 12.3 Å². The fraction of sp³-hybridized carbons (Fsp3) is 0.500. The van der Waals surface area contributed by atoms with Crippen LogP contribution >= 0.6 is 0 Å². The molecule has 1 aromatic heterocycles. The molecule has 1 aromatic rings. The van der Waals surface area contributed by atoms with Gasteiger partial charge in [0.25, 0.3) is 5.91 Å². The normalized spacial score (nSPS) is 14.8. The molecule has 0 saturated heterocycles. The number of carbonyl (C=O) groups excluding carboxylic acids is 2. The Kier molecular flexibility index (Phi) is 3.83. The largest absolute Gasteiger partial charge is 0.353 e. The van der Waals surface area contributed by atoms with E-state index >= 15 is 0 Å². The zero-order valence-corrected chi connectivity index (χ0v) is 11.3. The van der Waals surface area contributed by atoms with E-state index in [1.165, 1.54) is 12.8 Å². The van der Waals surface area contributed by atoms with Crippen molar-refractivity contribution in [1.82, 2.24) is 15.6 Å². The minimum Gasteiger partial charge on any atom is -0.353 e. The Morgan fingerprint density at radius 3 is 2.84 bits per heavy atom. The molecule has 1 aliphatic carbocycles. The molecule has 0 radical (unpaired) electrons. The van der Waals surface area contributed by atoms with E-state index in [0.29, 0.717) is 30.3 Å². The SMILES string of the molecule is CC(C)(NC(=O)c1cccc(CNC=O)n1)C1CC1. The molecule has 0 spiro atoms. The molecule has 5 heteroatoms. The molecule has 2 N–H and O–H groups in total. The van der Waals surface area contributed by atoms with Gasteiger partial charge >= 0.3 is 0 Å². The van der Waals surface area contributed by atoms with E-state index in [4.69, 9.17) is 0 Å². The highest BCUT2D eigenvalue weighted by molar-refractivity contribution is 5.92. The van der Waals surface area contributed by atoms with Gasteiger partial charge in [-0.25, -0.2) is 4.98 Å². The fourth-order valence-electron chi connectivity index (χ4n) is 2.11. The lowest BCUT2D eigenvalue weighted by molar-refractivity contribution is -0.109. The number of amides is 2. The molecule has 1 fully saturated rings. The van der Waals surface area contributed by atoms with Crippen molar-refractivity contribution in [3.05, 3.63) is 29.6 Å². The van der Waals surface area contributed by atoms with Gasteiger partial charge in [0.05, 0.1) is 12.2 Å². The molecule has 102 valence electrons. The standard InChI is InChI=1S/C14H19N3O2/c1-14(2,10-6-7-10)17-13(19)12-5-3-4-11(16-12)8-15-9-18/h3-5,9-10H,6-8H2,1-2H3,(H,15,18)(H,17,19). The second-order valence-electron chi connectivity index (χ2n) is 5.46. The number of pyridine rings is 1. The number of hydrogen-bond donors (Lipinski definition) is 2. The van der Waals surface area contributed by atoms with Crippen LogP contribution in [0.3, 0.4) is 0 Å². The van der Waals surface area contributed by atoms with E-state index < -0.39 is 0 Å². The van der Waals surface area contributed by atoms with Crippen LogP contribution in [-0.4, -0.2) is 22.8 Å². The lowest BCUT2D eigenvalue weighted by atomic mass is 9.98. The summed E-state index contributed by atoms with van der Waals surface area (Å²) in [5.41, 5.74) is 0.874. The summed E-state index contributed by atoms with van der Waals surface area (Å²) in [6.07, 6.45) is 2.96. The summed E-state index contributed by atoms with van der Waals surface area (Å²) in [5.74, 6) is 0.404. The molecule has 1 heterocycles. The summed E-state index contributed by atoms with van der Waals surface area (Å²) in [5, 5.41) is 5.56. The molecule has 0 unspecified atom stereocenters. The molecule has 0 aromatic carbocycles. The average molecular weight is 261 g/mol. The van der Waals surface area contributed by atoms with Gasteiger partial charge in [0.1, 0.15) is 5.69 Å². The number of nitrogens with one attached hydrogen (secondary N) is 2. The van der Waals surface area contributed by atoms with Crippen LogP contribution in [0.1, 0.15) is 42.9 Å². The fourth-order valence-corrected chi connectivity index (χ4v) is 2.11. The Morgan fingerprint density at radius 1 is 1.47 bits per heavy atom. The van der Waals surface area contributed by atoms with Crippen LogP contribution in [0.4, 0.5) is 0 Å². The molecular weight excluding hydrogens is 242 g/mol. The Hall–Kier alpha value is -1.91. The summed E-state index contributed by atoms with van der Waals surface area (Å²) in [7, 11) is 0. The maximum absolute atomic E-state index is 12.2. The first kappa shape index (κ1) is 13.5. The van der Waals surface area contributed by atoms with Gasteiger partial charge in [-0.15, -0.1) is 0 Å². The molecule has 0 aliphatic heterocycles. The summed E-state index contributed by atoms with van der Waals surface area (Å²) in [6.45, 7) is 4.41. The summed E-state index contributed by atoms with van der Waals surface area (Å²) >= 11 is 0. The number of rotatable bonds is 6. The third-order valence-corrected chi connectivity index (χ3v) is 3.44. The first-order valence-electron chi connectivity index (χ1n) is 6.48. The Morgan fingerprint density at radius 2 is 2.21 bits per heavy atom. The maximum atomic E-state index is 12.2. The Bertz CT molecular complexity index is 481. The highest BCUT2D eigenvalue weighted by Crippen LogP contribution is 2.39. The first-order chi connectivity index (χ1) is 9.03. The van der Waals surface area contributed by atoms with Crippen molar-refractivity contribution in [1.29, 1.82) is 0 Å². The van der Waals surface area contributed by atoms with Gasteiger partial charge < -0.3 is 10.6 Å². The zero-order chi connectivity index (χ0) is 13.9. The molecule has 2 rings (SSSR count). The third kappa shape index (κ3) is 3.53. The van der Waals surface area contributed by atoms with Crippen molar-refractivity contribution in [2.75, 3.05) is 0 Å². The third-order valence-electron chi connectivity index (χ3n) is 3.44. The van der Waals surface area contributed by atoms with Gasteiger partial charge in [-0.1, -0.05) is 6.07 Å². The second kappa shape index (κ2) is 5.38. The molecule has 0 bridgehead atoms. The second-order valence-corrected chi connectivity index (χ2v) is 5.46.